The quantitative estimate of drug-likeness (QED) is 0.897. The Morgan fingerprint density at radius 2 is 1.90 bits per heavy atom. The number of ether oxygens (including phenoxy) is 3. The number of fused-ring (bicyclic) bond motifs is 1. The minimum Gasteiger partial charge on any atom is -0.490 e. The Labute approximate surface area is 120 Å². The highest BCUT2D eigenvalue weighted by Gasteiger charge is 2.22. The van der Waals surface area contributed by atoms with Crippen molar-refractivity contribution in [2.24, 2.45) is 0 Å². The second-order valence-electron chi connectivity index (χ2n) is 5.87. The molecule has 1 saturated carbocycles. The molecular weight excluding hydrogens is 254 g/mol. The number of benzene rings is 1. The van der Waals surface area contributed by atoms with E-state index in [0.29, 0.717) is 18.9 Å². The monoisotopic (exact) mass is 277 g/mol. The Bertz CT molecular complexity index is 467. The van der Waals surface area contributed by atoms with Gasteiger partial charge in [-0.3, -0.25) is 0 Å². The zero-order valence-electron chi connectivity index (χ0n) is 12.3. The van der Waals surface area contributed by atoms with E-state index in [2.05, 4.69) is 19.2 Å². The Balaban J connectivity index is 1.80. The second kappa shape index (κ2) is 5.92. The van der Waals surface area contributed by atoms with Gasteiger partial charge in [-0.05, 0) is 31.7 Å². The molecule has 0 spiro atoms. The first-order valence-electron chi connectivity index (χ1n) is 7.55. The van der Waals surface area contributed by atoms with Crippen LogP contribution in [-0.4, -0.2) is 18.9 Å². The molecule has 0 atom stereocenters. The molecule has 0 aromatic heterocycles. The van der Waals surface area contributed by atoms with Gasteiger partial charge in [0.2, 0.25) is 6.79 Å². The highest BCUT2D eigenvalue weighted by atomic mass is 16.7. The lowest BCUT2D eigenvalue weighted by Gasteiger charge is -2.18. The average molecular weight is 277 g/mol. The van der Waals surface area contributed by atoms with Crippen LogP contribution in [-0.2, 0) is 6.54 Å². The molecule has 1 aliphatic heterocycles. The van der Waals surface area contributed by atoms with E-state index in [9.17, 15) is 0 Å². The summed E-state index contributed by atoms with van der Waals surface area (Å²) >= 11 is 0. The van der Waals surface area contributed by atoms with E-state index in [-0.39, 0.29) is 0 Å². The third-order valence-corrected chi connectivity index (χ3v) is 3.85. The molecule has 0 radical (unpaired) electrons. The Morgan fingerprint density at radius 1 is 1.20 bits per heavy atom. The van der Waals surface area contributed by atoms with Crippen LogP contribution in [0.2, 0.25) is 0 Å². The van der Waals surface area contributed by atoms with Crippen LogP contribution in [0.3, 0.4) is 0 Å². The summed E-state index contributed by atoms with van der Waals surface area (Å²) in [7, 11) is 0. The molecule has 1 aromatic rings. The lowest BCUT2D eigenvalue weighted by Crippen LogP contribution is -2.22. The third-order valence-electron chi connectivity index (χ3n) is 3.85. The predicted octanol–water partition coefficient (Wildman–Crippen LogP) is 3.23. The fourth-order valence-electron chi connectivity index (χ4n) is 2.71. The highest BCUT2D eigenvalue weighted by molar-refractivity contribution is 5.52. The summed E-state index contributed by atoms with van der Waals surface area (Å²) < 4.78 is 17.1. The van der Waals surface area contributed by atoms with Gasteiger partial charge in [-0.15, -0.1) is 0 Å². The van der Waals surface area contributed by atoms with E-state index in [1.807, 2.05) is 12.1 Å². The van der Waals surface area contributed by atoms with Crippen LogP contribution in [0.5, 0.6) is 17.2 Å². The van der Waals surface area contributed by atoms with E-state index in [4.69, 9.17) is 14.2 Å². The van der Waals surface area contributed by atoms with Crippen LogP contribution >= 0.6 is 0 Å². The number of rotatable bonds is 5. The molecule has 0 saturated heterocycles. The molecule has 4 heteroatoms. The van der Waals surface area contributed by atoms with Crippen molar-refractivity contribution in [3.05, 3.63) is 17.7 Å². The molecule has 1 N–H and O–H groups in total. The van der Waals surface area contributed by atoms with Crippen LogP contribution in [0.15, 0.2) is 12.1 Å². The van der Waals surface area contributed by atoms with Gasteiger partial charge < -0.3 is 19.5 Å². The van der Waals surface area contributed by atoms with Gasteiger partial charge in [0.25, 0.3) is 0 Å². The minimum absolute atomic E-state index is 0.305. The normalized spacial score (nSPS) is 17.9. The summed E-state index contributed by atoms with van der Waals surface area (Å²) in [6, 6.07) is 4.47. The molecule has 0 unspecified atom stereocenters. The number of hydrogen-bond donors (Lipinski definition) is 1. The van der Waals surface area contributed by atoms with Crippen molar-refractivity contribution >= 4 is 0 Å². The summed E-state index contributed by atoms with van der Waals surface area (Å²) in [6.07, 6.45) is 5.22. The summed E-state index contributed by atoms with van der Waals surface area (Å²) in [5, 5.41) is 3.44. The smallest absolute Gasteiger partial charge is 0.231 e. The Kier molecular flexibility index (Phi) is 4.01. The van der Waals surface area contributed by atoms with Crippen molar-refractivity contribution < 1.29 is 14.2 Å². The van der Waals surface area contributed by atoms with Gasteiger partial charge in [-0.1, -0.05) is 13.8 Å². The predicted molar refractivity (Wildman–Crippen MR) is 77.4 cm³/mol. The number of hydrogen-bond acceptors (Lipinski definition) is 4. The topological polar surface area (TPSA) is 39.7 Å². The first kappa shape index (κ1) is 13.6. The second-order valence-corrected chi connectivity index (χ2v) is 5.87. The van der Waals surface area contributed by atoms with Gasteiger partial charge in [-0.2, -0.15) is 0 Å². The molecule has 1 fully saturated rings. The maximum absolute atomic E-state index is 6.19. The summed E-state index contributed by atoms with van der Waals surface area (Å²) in [4.78, 5) is 0. The molecule has 4 nitrogen and oxygen atoms in total. The summed E-state index contributed by atoms with van der Waals surface area (Å²) in [5.74, 6) is 2.56. The number of nitrogens with one attached hydrogen (secondary N) is 1. The van der Waals surface area contributed by atoms with Gasteiger partial charge in [-0.25, -0.2) is 0 Å². The average Bonchev–Trinajstić information content (AvgIpc) is 3.06. The zero-order chi connectivity index (χ0) is 13.9. The van der Waals surface area contributed by atoms with E-state index in [1.54, 1.807) is 0 Å². The van der Waals surface area contributed by atoms with Crippen LogP contribution in [0.4, 0.5) is 0 Å². The molecule has 1 heterocycles. The maximum atomic E-state index is 6.19. The minimum atomic E-state index is 0.305. The zero-order valence-corrected chi connectivity index (χ0v) is 12.3. The summed E-state index contributed by atoms with van der Waals surface area (Å²) in [6.45, 7) is 5.38. The molecule has 20 heavy (non-hydrogen) atoms. The van der Waals surface area contributed by atoms with Crippen molar-refractivity contribution in [2.75, 3.05) is 6.79 Å². The van der Waals surface area contributed by atoms with Crippen LogP contribution in [0.1, 0.15) is 45.1 Å². The first-order valence-corrected chi connectivity index (χ1v) is 7.55. The lowest BCUT2D eigenvalue weighted by molar-refractivity contribution is 0.173. The van der Waals surface area contributed by atoms with E-state index >= 15 is 0 Å². The SMILES string of the molecule is CC(C)NCc1cc2c(cc1OC1CCCC1)OCO2. The van der Waals surface area contributed by atoms with E-state index in [1.165, 1.54) is 12.8 Å². The third kappa shape index (κ3) is 3.01. The van der Waals surface area contributed by atoms with Crippen LogP contribution in [0, 0.1) is 0 Å². The molecule has 1 aromatic carbocycles. The standard InChI is InChI=1S/C16H23NO3/c1-11(2)17-9-12-7-15-16(19-10-18-15)8-14(12)20-13-5-3-4-6-13/h7-8,11,13,17H,3-6,9-10H2,1-2H3. The molecule has 0 bridgehead atoms. The highest BCUT2D eigenvalue weighted by Crippen LogP contribution is 2.39. The summed E-state index contributed by atoms with van der Waals surface area (Å²) in [5.41, 5.74) is 1.15. The van der Waals surface area contributed by atoms with Crippen molar-refractivity contribution in [3.8, 4) is 17.2 Å². The van der Waals surface area contributed by atoms with Gasteiger partial charge in [0.05, 0.1) is 6.10 Å². The Morgan fingerprint density at radius 3 is 2.60 bits per heavy atom. The largest absolute Gasteiger partial charge is 0.490 e. The molecule has 0 amide bonds. The molecule has 1 aliphatic carbocycles. The van der Waals surface area contributed by atoms with Crippen molar-refractivity contribution in [2.45, 2.75) is 58.2 Å². The van der Waals surface area contributed by atoms with Crippen LogP contribution < -0.4 is 19.5 Å². The van der Waals surface area contributed by atoms with Gasteiger partial charge in [0.15, 0.2) is 11.5 Å². The fourth-order valence-corrected chi connectivity index (χ4v) is 2.71. The maximum Gasteiger partial charge on any atom is 0.231 e. The fraction of sp³-hybridized carbons (Fsp3) is 0.625. The van der Waals surface area contributed by atoms with E-state index < -0.39 is 0 Å². The van der Waals surface area contributed by atoms with Crippen molar-refractivity contribution in [3.63, 3.8) is 0 Å². The van der Waals surface area contributed by atoms with E-state index in [0.717, 1.165) is 42.2 Å². The van der Waals surface area contributed by atoms with Crippen molar-refractivity contribution in [1.29, 1.82) is 0 Å². The van der Waals surface area contributed by atoms with Crippen molar-refractivity contribution in [1.82, 2.24) is 5.32 Å². The van der Waals surface area contributed by atoms with Crippen LogP contribution in [0.25, 0.3) is 0 Å². The molecular formula is C16H23NO3. The van der Waals surface area contributed by atoms with Gasteiger partial charge in [0, 0.05) is 24.2 Å². The van der Waals surface area contributed by atoms with Gasteiger partial charge in [0.1, 0.15) is 5.75 Å². The lowest BCUT2D eigenvalue weighted by atomic mass is 10.1. The molecule has 3 rings (SSSR count). The first-order chi connectivity index (χ1) is 9.72. The molecule has 110 valence electrons. The van der Waals surface area contributed by atoms with Gasteiger partial charge >= 0.3 is 0 Å². The molecule has 2 aliphatic rings. The Hall–Kier alpha value is -1.42.